The van der Waals surface area contributed by atoms with Crippen LogP contribution in [-0.2, 0) is 6.42 Å². The summed E-state index contributed by atoms with van der Waals surface area (Å²) < 4.78 is 18.8. The van der Waals surface area contributed by atoms with Gasteiger partial charge in [-0.25, -0.2) is 4.39 Å². The number of hydrogen-bond acceptors (Lipinski definition) is 4. The van der Waals surface area contributed by atoms with E-state index in [4.69, 9.17) is 9.84 Å². The molecule has 106 valence electrons. The molecule has 0 spiro atoms. The van der Waals surface area contributed by atoms with E-state index in [-0.39, 0.29) is 18.5 Å². The van der Waals surface area contributed by atoms with E-state index in [1.54, 1.807) is 12.1 Å². The fourth-order valence-electron chi connectivity index (χ4n) is 2.08. The van der Waals surface area contributed by atoms with Crippen LogP contribution in [0.1, 0.15) is 12.0 Å². The lowest BCUT2D eigenvalue weighted by molar-refractivity contribution is 0.229. The molecule has 0 saturated carbocycles. The highest BCUT2D eigenvalue weighted by atomic mass is 32.2. The van der Waals surface area contributed by atoms with Gasteiger partial charge in [-0.3, -0.25) is 0 Å². The Bertz CT molecular complexity index is 403. The second-order valence-corrected chi connectivity index (χ2v) is 5.81. The molecule has 1 heterocycles. The summed E-state index contributed by atoms with van der Waals surface area (Å²) in [5, 5.41) is 12.0. The Labute approximate surface area is 117 Å². The zero-order valence-corrected chi connectivity index (χ0v) is 11.7. The van der Waals surface area contributed by atoms with Crippen LogP contribution >= 0.6 is 11.8 Å². The van der Waals surface area contributed by atoms with Gasteiger partial charge in [0.25, 0.3) is 0 Å². The zero-order valence-electron chi connectivity index (χ0n) is 10.9. The van der Waals surface area contributed by atoms with Crippen LogP contribution in [0.15, 0.2) is 18.2 Å². The van der Waals surface area contributed by atoms with Crippen LogP contribution in [0.5, 0.6) is 5.75 Å². The topological polar surface area (TPSA) is 41.5 Å². The zero-order chi connectivity index (χ0) is 13.5. The van der Waals surface area contributed by atoms with Gasteiger partial charge in [0.1, 0.15) is 17.7 Å². The minimum absolute atomic E-state index is 0.110. The SMILES string of the molecule is OCCCSCCNCC1Cc2cc(F)ccc2O1. The lowest BCUT2D eigenvalue weighted by Gasteiger charge is -2.11. The van der Waals surface area contributed by atoms with Crippen molar-refractivity contribution >= 4 is 11.8 Å². The number of fused-ring (bicyclic) bond motifs is 1. The largest absolute Gasteiger partial charge is 0.488 e. The van der Waals surface area contributed by atoms with Gasteiger partial charge in [0.2, 0.25) is 0 Å². The monoisotopic (exact) mass is 285 g/mol. The van der Waals surface area contributed by atoms with E-state index in [0.717, 1.165) is 48.7 Å². The van der Waals surface area contributed by atoms with Crippen molar-refractivity contribution in [1.82, 2.24) is 5.32 Å². The van der Waals surface area contributed by atoms with Gasteiger partial charge >= 0.3 is 0 Å². The van der Waals surface area contributed by atoms with Gasteiger partial charge in [0.05, 0.1) is 0 Å². The molecular formula is C14H20FNO2S. The second-order valence-electron chi connectivity index (χ2n) is 4.59. The molecule has 0 amide bonds. The highest BCUT2D eigenvalue weighted by Gasteiger charge is 2.22. The van der Waals surface area contributed by atoms with E-state index in [1.807, 2.05) is 11.8 Å². The molecule has 0 aromatic heterocycles. The normalized spacial score (nSPS) is 17.3. The van der Waals surface area contributed by atoms with Crippen molar-refractivity contribution in [2.75, 3.05) is 31.2 Å². The number of benzene rings is 1. The summed E-state index contributed by atoms with van der Waals surface area (Å²) in [5.41, 5.74) is 0.962. The minimum atomic E-state index is -0.198. The number of ether oxygens (including phenoxy) is 1. The molecule has 0 radical (unpaired) electrons. The lowest BCUT2D eigenvalue weighted by atomic mass is 10.1. The van der Waals surface area contributed by atoms with Crippen molar-refractivity contribution in [3.8, 4) is 5.75 Å². The molecule has 0 fully saturated rings. The van der Waals surface area contributed by atoms with Gasteiger partial charge in [0.15, 0.2) is 0 Å². The highest BCUT2D eigenvalue weighted by Crippen LogP contribution is 2.28. The van der Waals surface area contributed by atoms with Gasteiger partial charge < -0.3 is 15.2 Å². The number of hydrogen-bond donors (Lipinski definition) is 2. The lowest BCUT2D eigenvalue weighted by Crippen LogP contribution is -2.31. The van der Waals surface area contributed by atoms with Crippen molar-refractivity contribution < 1.29 is 14.2 Å². The van der Waals surface area contributed by atoms with Gasteiger partial charge in [-0.1, -0.05) is 0 Å². The maximum Gasteiger partial charge on any atom is 0.123 e. The Balaban J connectivity index is 1.59. The maximum atomic E-state index is 13.1. The van der Waals surface area contributed by atoms with Crippen molar-refractivity contribution in [2.45, 2.75) is 18.9 Å². The molecule has 1 aliphatic rings. The van der Waals surface area contributed by atoms with Crippen LogP contribution in [0.2, 0.25) is 0 Å². The van der Waals surface area contributed by atoms with Gasteiger partial charge in [-0.2, -0.15) is 11.8 Å². The molecule has 1 aliphatic heterocycles. The Morgan fingerprint density at radius 2 is 2.32 bits per heavy atom. The molecular weight excluding hydrogens is 265 g/mol. The fraction of sp³-hybridized carbons (Fsp3) is 0.571. The molecule has 5 heteroatoms. The molecule has 19 heavy (non-hydrogen) atoms. The Morgan fingerprint density at radius 3 is 3.16 bits per heavy atom. The highest BCUT2D eigenvalue weighted by molar-refractivity contribution is 7.99. The van der Waals surface area contributed by atoms with Gasteiger partial charge in [-0.05, 0) is 30.4 Å². The van der Waals surface area contributed by atoms with Crippen LogP contribution in [0, 0.1) is 5.82 Å². The molecule has 2 N–H and O–H groups in total. The summed E-state index contributed by atoms with van der Waals surface area (Å²) in [6, 6.07) is 4.70. The van der Waals surface area contributed by atoms with E-state index >= 15 is 0 Å². The predicted octanol–water partition coefficient (Wildman–Crippen LogP) is 1.83. The Hall–Kier alpha value is -0.780. The van der Waals surface area contributed by atoms with Crippen LogP contribution in [0.4, 0.5) is 4.39 Å². The van der Waals surface area contributed by atoms with E-state index in [2.05, 4.69) is 5.32 Å². The molecule has 0 bridgehead atoms. The molecule has 2 rings (SSSR count). The summed E-state index contributed by atoms with van der Waals surface area (Å²) >= 11 is 1.84. The number of aliphatic hydroxyl groups excluding tert-OH is 1. The summed E-state index contributed by atoms with van der Waals surface area (Å²) in [5.74, 6) is 2.65. The van der Waals surface area contributed by atoms with Crippen molar-refractivity contribution in [2.24, 2.45) is 0 Å². The first kappa shape index (κ1) is 14.6. The van der Waals surface area contributed by atoms with E-state index in [1.165, 1.54) is 6.07 Å². The number of rotatable bonds is 8. The fourth-order valence-corrected chi connectivity index (χ4v) is 2.90. The number of aliphatic hydroxyl groups is 1. The second kappa shape index (κ2) is 7.72. The van der Waals surface area contributed by atoms with Crippen LogP contribution in [0.3, 0.4) is 0 Å². The Kier molecular flexibility index (Phi) is 5.94. The average Bonchev–Trinajstić information content (AvgIpc) is 2.79. The molecule has 1 atom stereocenters. The number of thioether (sulfide) groups is 1. The molecule has 0 saturated heterocycles. The number of nitrogens with one attached hydrogen (secondary N) is 1. The first-order valence-corrected chi connectivity index (χ1v) is 7.79. The quantitative estimate of drug-likeness (QED) is 0.715. The Morgan fingerprint density at radius 1 is 1.42 bits per heavy atom. The molecule has 1 aromatic carbocycles. The van der Waals surface area contributed by atoms with Gasteiger partial charge in [0, 0.05) is 37.4 Å². The van der Waals surface area contributed by atoms with Crippen molar-refractivity contribution in [3.05, 3.63) is 29.6 Å². The standard InChI is InChI=1S/C14H20FNO2S/c15-12-2-3-14-11(8-12)9-13(18-14)10-16-4-7-19-6-1-5-17/h2-3,8,13,16-17H,1,4-7,9-10H2. The molecule has 1 unspecified atom stereocenters. The van der Waals surface area contributed by atoms with Crippen molar-refractivity contribution in [1.29, 1.82) is 0 Å². The summed E-state index contributed by atoms with van der Waals surface area (Å²) in [7, 11) is 0. The van der Waals surface area contributed by atoms with Crippen LogP contribution in [0.25, 0.3) is 0 Å². The summed E-state index contributed by atoms with van der Waals surface area (Å²) in [4.78, 5) is 0. The first-order chi connectivity index (χ1) is 9.29. The first-order valence-electron chi connectivity index (χ1n) is 6.64. The third kappa shape index (κ3) is 4.67. The minimum Gasteiger partial charge on any atom is -0.488 e. The van der Waals surface area contributed by atoms with Crippen LogP contribution < -0.4 is 10.1 Å². The average molecular weight is 285 g/mol. The van der Waals surface area contributed by atoms with E-state index in [0.29, 0.717) is 0 Å². The summed E-state index contributed by atoms with van der Waals surface area (Å²) in [6.07, 6.45) is 1.74. The van der Waals surface area contributed by atoms with Gasteiger partial charge in [-0.15, -0.1) is 0 Å². The number of halogens is 1. The summed E-state index contributed by atoms with van der Waals surface area (Å²) in [6.45, 7) is 1.99. The molecule has 1 aromatic rings. The predicted molar refractivity (Wildman–Crippen MR) is 76.4 cm³/mol. The maximum absolute atomic E-state index is 13.1. The van der Waals surface area contributed by atoms with E-state index in [9.17, 15) is 4.39 Å². The third-order valence-electron chi connectivity index (χ3n) is 3.01. The van der Waals surface area contributed by atoms with E-state index < -0.39 is 0 Å². The smallest absolute Gasteiger partial charge is 0.123 e. The molecule has 3 nitrogen and oxygen atoms in total. The van der Waals surface area contributed by atoms with Crippen molar-refractivity contribution in [3.63, 3.8) is 0 Å². The van der Waals surface area contributed by atoms with Crippen LogP contribution in [-0.4, -0.2) is 42.4 Å². The third-order valence-corrected chi connectivity index (χ3v) is 4.08. The molecule has 0 aliphatic carbocycles.